The molecule has 1 atom stereocenters. The van der Waals surface area contributed by atoms with Gasteiger partial charge in [-0.15, -0.1) is 0 Å². The summed E-state index contributed by atoms with van der Waals surface area (Å²) in [7, 11) is 0. The molecule has 0 aliphatic heterocycles. The normalized spacial score (nSPS) is 12.4. The highest BCUT2D eigenvalue weighted by molar-refractivity contribution is 5.71. The van der Waals surface area contributed by atoms with Gasteiger partial charge in [-0.1, -0.05) is 351 Å². The molecule has 0 radical (unpaired) electrons. The third-order valence-electron chi connectivity index (χ3n) is 16.5. The average molecular weight is 1160 g/mol. The summed E-state index contributed by atoms with van der Waals surface area (Å²) in [6.45, 7) is 6.63. The Hall–Kier alpha value is -2.89. The van der Waals surface area contributed by atoms with E-state index in [0.29, 0.717) is 19.3 Å². The molecule has 0 N–H and O–H groups in total. The van der Waals surface area contributed by atoms with Crippen LogP contribution in [0.5, 0.6) is 0 Å². The van der Waals surface area contributed by atoms with Crippen LogP contribution in [-0.4, -0.2) is 37.2 Å². The van der Waals surface area contributed by atoms with Gasteiger partial charge in [0.05, 0.1) is 0 Å². The first kappa shape index (κ1) is 80.1. The molecule has 83 heavy (non-hydrogen) atoms. The highest BCUT2D eigenvalue weighted by Crippen LogP contribution is 2.19. The van der Waals surface area contributed by atoms with Crippen LogP contribution in [0.25, 0.3) is 0 Å². The van der Waals surface area contributed by atoms with Gasteiger partial charge >= 0.3 is 17.9 Å². The van der Waals surface area contributed by atoms with Crippen molar-refractivity contribution in [2.24, 2.45) is 0 Å². The van der Waals surface area contributed by atoms with E-state index in [1.54, 1.807) is 0 Å². The third kappa shape index (κ3) is 69.8. The van der Waals surface area contributed by atoms with Gasteiger partial charge in [0.2, 0.25) is 0 Å². The van der Waals surface area contributed by atoms with E-state index < -0.39 is 6.10 Å². The Labute approximate surface area is 517 Å². The van der Waals surface area contributed by atoms with Crippen LogP contribution >= 0.6 is 0 Å². The lowest BCUT2D eigenvalue weighted by atomic mass is 10.0. The van der Waals surface area contributed by atoms with Crippen LogP contribution in [0.3, 0.4) is 0 Å². The van der Waals surface area contributed by atoms with Crippen molar-refractivity contribution in [1.82, 2.24) is 0 Å². The standard InChI is InChI=1S/C77H140O6/c1-4-7-10-13-16-19-22-25-28-30-32-34-35-36-37-38-39-40-41-42-44-45-47-49-52-55-58-61-64-67-70-76(79)82-73-74(72-81-75(78)69-66-63-60-57-54-51-27-24-21-18-15-12-9-6-3)83-77(80)71-68-65-62-59-56-53-50-48-46-43-33-31-29-26-23-20-17-14-11-8-5-2/h15,18,23-24,26-27,31,33,46,48,74H,4-14,16-17,19-22,25,28-30,32,34-45,47,49-73H2,1-3H3/b18-15-,26-23-,27-24-,33-31-,48-46-. The fourth-order valence-electron chi connectivity index (χ4n) is 10.9. The van der Waals surface area contributed by atoms with E-state index in [1.165, 1.54) is 250 Å². The highest BCUT2D eigenvalue weighted by atomic mass is 16.6. The number of hydrogen-bond acceptors (Lipinski definition) is 6. The molecule has 0 spiro atoms. The summed E-state index contributed by atoms with van der Waals surface area (Å²) < 4.78 is 17.0. The summed E-state index contributed by atoms with van der Waals surface area (Å²) in [6.07, 6.45) is 92.7. The number of hydrogen-bond donors (Lipinski definition) is 0. The number of ether oxygens (including phenoxy) is 3. The zero-order chi connectivity index (χ0) is 59.9. The summed E-state index contributed by atoms with van der Waals surface area (Å²) in [5.74, 6) is -0.885. The maximum absolute atomic E-state index is 13.0. The number of rotatable bonds is 68. The maximum atomic E-state index is 13.0. The SMILES string of the molecule is CCCC/C=C\C/C=C\CCCCCCCC(=O)OCC(COC(=O)CCCCCCCCCCCCCCCCCCCCCCCCCCCCCCCC)OC(=O)CCCCCCCC/C=C\C/C=C\C/C=C\CCCCCCC. The molecule has 0 amide bonds. The van der Waals surface area contributed by atoms with Crippen LogP contribution in [0.15, 0.2) is 60.8 Å². The Morgan fingerprint density at radius 2 is 0.446 bits per heavy atom. The first-order chi connectivity index (χ1) is 41.0. The van der Waals surface area contributed by atoms with Crippen molar-refractivity contribution in [3.8, 4) is 0 Å². The molecule has 0 aromatic rings. The number of unbranched alkanes of at least 4 members (excludes halogenated alkanes) is 47. The van der Waals surface area contributed by atoms with Gasteiger partial charge in [-0.3, -0.25) is 14.4 Å². The molecule has 0 aliphatic rings. The molecule has 1 unspecified atom stereocenters. The van der Waals surface area contributed by atoms with Crippen molar-refractivity contribution in [3.63, 3.8) is 0 Å². The van der Waals surface area contributed by atoms with Gasteiger partial charge in [0.1, 0.15) is 13.2 Å². The summed E-state index contributed by atoms with van der Waals surface area (Å²) >= 11 is 0. The molecular formula is C77H140O6. The number of esters is 3. The smallest absolute Gasteiger partial charge is 0.306 e. The van der Waals surface area contributed by atoms with Crippen molar-refractivity contribution >= 4 is 17.9 Å². The lowest BCUT2D eigenvalue weighted by Crippen LogP contribution is -2.30. The second-order valence-corrected chi connectivity index (χ2v) is 24.9. The zero-order valence-electron chi connectivity index (χ0n) is 55.7. The largest absolute Gasteiger partial charge is 0.462 e. The van der Waals surface area contributed by atoms with Crippen LogP contribution in [0.2, 0.25) is 0 Å². The van der Waals surface area contributed by atoms with Crippen molar-refractivity contribution in [2.45, 2.75) is 399 Å². The molecule has 0 saturated carbocycles. The third-order valence-corrected chi connectivity index (χ3v) is 16.5. The molecule has 0 rings (SSSR count). The lowest BCUT2D eigenvalue weighted by Gasteiger charge is -2.18. The fraction of sp³-hybridized carbons (Fsp3) is 0.831. The van der Waals surface area contributed by atoms with Gasteiger partial charge < -0.3 is 14.2 Å². The molecule has 0 heterocycles. The first-order valence-electron chi connectivity index (χ1n) is 36.8. The summed E-state index contributed by atoms with van der Waals surface area (Å²) in [5.41, 5.74) is 0. The van der Waals surface area contributed by atoms with Crippen LogP contribution in [0.1, 0.15) is 393 Å². The van der Waals surface area contributed by atoms with E-state index in [0.717, 1.165) is 103 Å². The second kappa shape index (κ2) is 71.6. The van der Waals surface area contributed by atoms with Gasteiger partial charge in [-0.05, 0) is 83.5 Å². The van der Waals surface area contributed by atoms with Crippen molar-refractivity contribution < 1.29 is 28.6 Å². The molecule has 0 fully saturated rings. The number of carbonyl (C=O) groups excluding carboxylic acids is 3. The van der Waals surface area contributed by atoms with E-state index in [2.05, 4.69) is 81.5 Å². The van der Waals surface area contributed by atoms with Gasteiger partial charge in [0.15, 0.2) is 6.10 Å². The molecule has 0 bridgehead atoms. The number of carbonyl (C=O) groups is 3. The minimum atomic E-state index is -0.788. The van der Waals surface area contributed by atoms with Crippen molar-refractivity contribution in [2.75, 3.05) is 13.2 Å². The minimum Gasteiger partial charge on any atom is -0.462 e. The highest BCUT2D eigenvalue weighted by Gasteiger charge is 2.19. The predicted octanol–water partition coefficient (Wildman–Crippen LogP) is 25.5. The van der Waals surface area contributed by atoms with Gasteiger partial charge in [-0.25, -0.2) is 0 Å². The van der Waals surface area contributed by atoms with Crippen molar-refractivity contribution in [1.29, 1.82) is 0 Å². The Bertz CT molecular complexity index is 1470. The molecular weight excluding hydrogens is 1020 g/mol. The Balaban J connectivity index is 4.23. The molecule has 6 nitrogen and oxygen atoms in total. The molecule has 0 aliphatic carbocycles. The monoisotopic (exact) mass is 1160 g/mol. The van der Waals surface area contributed by atoms with E-state index in [-0.39, 0.29) is 31.1 Å². The Morgan fingerprint density at radius 3 is 0.711 bits per heavy atom. The summed E-state index contributed by atoms with van der Waals surface area (Å²) in [6, 6.07) is 0. The van der Waals surface area contributed by atoms with Crippen LogP contribution in [0, 0.1) is 0 Å². The maximum Gasteiger partial charge on any atom is 0.306 e. The van der Waals surface area contributed by atoms with Gasteiger partial charge in [0, 0.05) is 19.3 Å². The minimum absolute atomic E-state index is 0.0809. The Kier molecular flexibility index (Phi) is 69.1. The fourth-order valence-corrected chi connectivity index (χ4v) is 10.9. The summed E-state index contributed by atoms with van der Waals surface area (Å²) in [4.78, 5) is 38.4. The van der Waals surface area contributed by atoms with E-state index in [4.69, 9.17) is 14.2 Å². The summed E-state index contributed by atoms with van der Waals surface area (Å²) in [5, 5.41) is 0. The lowest BCUT2D eigenvalue weighted by molar-refractivity contribution is -0.167. The second-order valence-electron chi connectivity index (χ2n) is 24.9. The zero-order valence-corrected chi connectivity index (χ0v) is 55.7. The molecule has 0 aromatic carbocycles. The molecule has 6 heteroatoms. The molecule has 484 valence electrons. The van der Waals surface area contributed by atoms with Crippen LogP contribution in [0.4, 0.5) is 0 Å². The average Bonchev–Trinajstić information content (AvgIpc) is 3.50. The predicted molar refractivity (Wildman–Crippen MR) is 362 cm³/mol. The Morgan fingerprint density at radius 1 is 0.241 bits per heavy atom. The van der Waals surface area contributed by atoms with Gasteiger partial charge in [0.25, 0.3) is 0 Å². The van der Waals surface area contributed by atoms with Crippen LogP contribution in [-0.2, 0) is 28.6 Å². The van der Waals surface area contributed by atoms with E-state index in [1.807, 2.05) is 0 Å². The van der Waals surface area contributed by atoms with E-state index in [9.17, 15) is 14.4 Å². The quantitative estimate of drug-likeness (QED) is 0.0261. The van der Waals surface area contributed by atoms with E-state index >= 15 is 0 Å². The topological polar surface area (TPSA) is 78.9 Å². The molecule has 0 saturated heterocycles. The molecule has 0 aromatic heterocycles. The van der Waals surface area contributed by atoms with Gasteiger partial charge in [-0.2, -0.15) is 0 Å². The van der Waals surface area contributed by atoms with Crippen LogP contribution < -0.4 is 0 Å². The first-order valence-corrected chi connectivity index (χ1v) is 36.8. The van der Waals surface area contributed by atoms with Crippen molar-refractivity contribution in [3.05, 3.63) is 60.8 Å². The number of allylic oxidation sites excluding steroid dienone is 10.